The van der Waals surface area contributed by atoms with Crippen molar-refractivity contribution >= 4 is 22.5 Å². The number of nitrogens with one attached hydrogen (secondary N) is 1. The van der Waals surface area contributed by atoms with Gasteiger partial charge in [-0.2, -0.15) is 0 Å². The molecule has 0 heterocycles. The zero-order valence-corrected chi connectivity index (χ0v) is 11.6. The molecule has 0 amide bonds. The van der Waals surface area contributed by atoms with E-state index in [2.05, 4.69) is 12.1 Å². The third kappa shape index (κ3) is 2.70. The number of nitrogens with two attached hydrogens (primary N) is 1. The van der Waals surface area contributed by atoms with Crippen molar-refractivity contribution in [1.82, 2.24) is 0 Å². The maximum Gasteiger partial charge on any atom is 0.155 e. The van der Waals surface area contributed by atoms with Crippen molar-refractivity contribution in [2.24, 2.45) is 5.73 Å². The van der Waals surface area contributed by atoms with Crippen LogP contribution in [0.3, 0.4) is 0 Å². The van der Waals surface area contributed by atoms with Gasteiger partial charge < -0.3 is 10.5 Å². The van der Waals surface area contributed by atoms with Gasteiger partial charge in [-0.15, -0.1) is 0 Å². The minimum Gasteiger partial charge on any atom is -0.497 e. The Kier molecular flexibility index (Phi) is 3.97. The molecule has 3 nitrogen and oxygen atoms in total. The van der Waals surface area contributed by atoms with Gasteiger partial charge in [0.05, 0.1) is 7.11 Å². The van der Waals surface area contributed by atoms with Crippen LogP contribution in [0.15, 0.2) is 23.1 Å². The quantitative estimate of drug-likeness (QED) is 0.634. The van der Waals surface area contributed by atoms with Crippen LogP contribution in [0.1, 0.15) is 30.9 Å². The highest BCUT2D eigenvalue weighted by Gasteiger charge is 2.17. The average molecular weight is 262 g/mol. The summed E-state index contributed by atoms with van der Waals surface area (Å²) in [7, 11) is 1.69. The summed E-state index contributed by atoms with van der Waals surface area (Å²) in [6.45, 7) is 2.04. The Labute approximate surface area is 112 Å². The molecule has 2 rings (SSSR count). The van der Waals surface area contributed by atoms with Gasteiger partial charge >= 0.3 is 0 Å². The van der Waals surface area contributed by atoms with Crippen LogP contribution in [0.4, 0.5) is 0 Å². The number of aryl methyl sites for hydroxylation is 1. The van der Waals surface area contributed by atoms with E-state index in [1.165, 1.54) is 28.5 Å². The number of benzene rings is 1. The van der Waals surface area contributed by atoms with Crippen molar-refractivity contribution in [1.29, 1.82) is 5.41 Å². The maximum absolute atomic E-state index is 7.38. The molecule has 0 saturated carbocycles. The fraction of sp³-hybridized carbons (Fsp3) is 0.357. The van der Waals surface area contributed by atoms with Crippen LogP contribution in [0.2, 0.25) is 0 Å². The van der Waals surface area contributed by atoms with Gasteiger partial charge in [0.1, 0.15) is 5.75 Å². The van der Waals surface area contributed by atoms with Crippen LogP contribution in [-0.2, 0) is 6.42 Å². The molecule has 96 valence electrons. The number of ether oxygens (including phenoxy) is 1. The van der Waals surface area contributed by atoms with Crippen molar-refractivity contribution in [3.8, 4) is 5.75 Å². The number of methoxy groups -OCH3 is 1. The maximum atomic E-state index is 7.38. The van der Waals surface area contributed by atoms with E-state index < -0.39 is 0 Å². The predicted octanol–water partition coefficient (Wildman–Crippen LogP) is 3.39. The van der Waals surface area contributed by atoms with Crippen LogP contribution in [-0.4, -0.2) is 12.3 Å². The molecule has 1 aliphatic carbocycles. The van der Waals surface area contributed by atoms with Gasteiger partial charge in [0.2, 0.25) is 0 Å². The van der Waals surface area contributed by atoms with Gasteiger partial charge in [-0.25, -0.2) is 0 Å². The summed E-state index contributed by atoms with van der Waals surface area (Å²) in [5.74, 6) is 0.909. The summed E-state index contributed by atoms with van der Waals surface area (Å²) < 4.78 is 5.27. The van der Waals surface area contributed by atoms with Crippen molar-refractivity contribution in [2.45, 2.75) is 26.2 Å². The zero-order valence-electron chi connectivity index (χ0n) is 10.7. The Morgan fingerprint density at radius 3 is 2.83 bits per heavy atom. The van der Waals surface area contributed by atoms with E-state index in [0.717, 1.165) is 29.9 Å². The number of hydrogen-bond donors (Lipinski definition) is 2. The summed E-state index contributed by atoms with van der Waals surface area (Å²) in [4.78, 5) is 1.13. The Balaban J connectivity index is 2.42. The lowest BCUT2D eigenvalue weighted by atomic mass is 9.87. The van der Waals surface area contributed by atoms with Gasteiger partial charge in [-0.3, -0.25) is 5.41 Å². The van der Waals surface area contributed by atoms with E-state index in [-0.39, 0.29) is 5.17 Å². The number of allylic oxidation sites excluding steroid dienone is 2. The van der Waals surface area contributed by atoms with E-state index in [1.54, 1.807) is 7.11 Å². The topological polar surface area (TPSA) is 59.1 Å². The van der Waals surface area contributed by atoms with Crippen LogP contribution in [0.25, 0.3) is 5.57 Å². The molecule has 1 aromatic rings. The van der Waals surface area contributed by atoms with Crippen molar-refractivity contribution < 1.29 is 4.74 Å². The molecule has 0 aromatic heterocycles. The van der Waals surface area contributed by atoms with Crippen LogP contribution >= 0.6 is 11.8 Å². The summed E-state index contributed by atoms with van der Waals surface area (Å²) in [6, 6.07) is 6.23. The first-order valence-corrected chi connectivity index (χ1v) is 6.82. The smallest absolute Gasteiger partial charge is 0.155 e. The number of rotatable bonds is 2. The summed E-state index contributed by atoms with van der Waals surface area (Å²) in [6.07, 6.45) is 3.30. The summed E-state index contributed by atoms with van der Waals surface area (Å²) in [5, 5.41) is 7.53. The standard InChI is InChI=1S/C14H18N2OS/c1-9(18-14(15)16)12-5-3-4-10-8-11(17-2)6-7-13(10)12/h6-8H,3-5H2,1-2H3,(H3,15,16)/b12-9-. The Morgan fingerprint density at radius 2 is 2.17 bits per heavy atom. The van der Waals surface area contributed by atoms with Crippen LogP contribution in [0.5, 0.6) is 5.75 Å². The largest absolute Gasteiger partial charge is 0.497 e. The SMILES string of the molecule is COc1ccc2c(c1)CCC/C2=C(\C)SC(=N)N. The molecular weight excluding hydrogens is 244 g/mol. The normalized spacial score (nSPS) is 17.0. The highest BCUT2D eigenvalue weighted by molar-refractivity contribution is 8.17. The lowest BCUT2D eigenvalue weighted by molar-refractivity contribution is 0.414. The average Bonchev–Trinajstić information content (AvgIpc) is 2.36. The molecule has 3 N–H and O–H groups in total. The Hall–Kier alpha value is -1.42. The molecule has 0 radical (unpaired) electrons. The third-order valence-electron chi connectivity index (χ3n) is 3.20. The molecule has 1 aromatic carbocycles. The van der Waals surface area contributed by atoms with E-state index in [9.17, 15) is 0 Å². The van der Waals surface area contributed by atoms with E-state index in [1.807, 2.05) is 13.0 Å². The first-order chi connectivity index (χ1) is 8.61. The van der Waals surface area contributed by atoms with Crippen LogP contribution < -0.4 is 10.5 Å². The van der Waals surface area contributed by atoms with Gasteiger partial charge in [0.15, 0.2) is 5.17 Å². The molecule has 0 spiro atoms. The van der Waals surface area contributed by atoms with Crippen molar-refractivity contribution in [3.05, 3.63) is 34.2 Å². The number of fused-ring (bicyclic) bond motifs is 1. The van der Waals surface area contributed by atoms with Gasteiger partial charge in [0.25, 0.3) is 0 Å². The molecule has 1 aliphatic rings. The second-order valence-electron chi connectivity index (χ2n) is 4.38. The first kappa shape index (κ1) is 13.0. The first-order valence-electron chi connectivity index (χ1n) is 6.00. The van der Waals surface area contributed by atoms with Crippen molar-refractivity contribution in [3.63, 3.8) is 0 Å². The predicted molar refractivity (Wildman–Crippen MR) is 78.0 cm³/mol. The lowest BCUT2D eigenvalue weighted by Gasteiger charge is -2.21. The Bertz CT molecular complexity index is 509. The number of hydrogen-bond acceptors (Lipinski definition) is 3. The molecule has 18 heavy (non-hydrogen) atoms. The third-order valence-corrected chi connectivity index (χ3v) is 3.97. The van der Waals surface area contributed by atoms with E-state index in [4.69, 9.17) is 15.9 Å². The fourth-order valence-electron chi connectivity index (χ4n) is 2.38. The highest BCUT2D eigenvalue weighted by Crippen LogP contribution is 2.37. The molecule has 0 unspecified atom stereocenters. The minimum atomic E-state index is 0.153. The van der Waals surface area contributed by atoms with Gasteiger partial charge in [-0.05, 0) is 59.9 Å². The molecule has 0 saturated heterocycles. The zero-order chi connectivity index (χ0) is 13.1. The van der Waals surface area contributed by atoms with Gasteiger partial charge in [-0.1, -0.05) is 17.8 Å². The lowest BCUT2D eigenvalue weighted by Crippen LogP contribution is -2.07. The highest BCUT2D eigenvalue weighted by atomic mass is 32.2. The monoisotopic (exact) mass is 262 g/mol. The molecule has 0 aliphatic heterocycles. The minimum absolute atomic E-state index is 0.153. The molecular formula is C14H18N2OS. The Morgan fingerprint density at radius 1 is 1.39 bits per heavy atom. The molecule has 0 bridgehead atoms. The number of thioether (sulfide) groups is 1. The second kappa shape index (κ2) is 5.48. The molecule has 4 heteroatoms. The summed E-state index contributed by atoms with van der Waals surface area (Å²) in [5.41, 5.74) is 9.39. The van der Waals surface area contributed by atoms with Crippen LogP contribution in [0, 0.1) is 5.41 Å². The van der Waals surface area contributed by atoms with Gasteiger partial charge in [0, 0.05) is 0 Å². The fourth-order valence-corrected chi connectivity index (χ4v) is 3.05. The van der Waals surface area contributed by atoms with E-state index >= 15 is 0 Å². The number of amidine groups is 1. The van der Waals surface area contributed by atoms with Crippen molar-refractivity contribution in [2.75, 3.05) is 7.11 Å². The molecule has 0 atom stereocenters. The molecule has 0 fully saturated rings. The second-order valence-corrected chi connectivity index (χ2v) is 5.63. The van der Waals surface area contributed by atoms with E-state index in [0.29, 0.717) is 0 Å². The summed E-state index contributed by atoms with van der Waals surface area (Å²) >= 11 is 1.34.